The van der Waals surface area contributed by atoms with Crippen LogP contribution in [0.2, 0.25) is 0 Å². The van der Waals surface area contributed by atoms with Crippen molar-refractivity contribution in [1.82, 2.24) is 14.8 Å². The van der Waals surface area contributed by atoms with Gasteiger partial charge >= 0.3 is 0 Å². The number of carbonyl (C=O) groups excluding carboxylic acids is 2. The summed E-state index contributed by atoms with van der Waals surface area (Å²) in [5.41, 5.74) is -0.637. The van der Waals surface area contributed by atoms with E-state index in [1.54, 1.807) is 28.5 Å². The predicted octanol–water partition coefficient (Wildman–Crippen LogP) is 2.68. The number of hydrogen-bond donors (Lipinski definition) is 2. The normalized spacial score (nSPS) is 20.2. The van der Waals surface area contributed by atoms with Crippen LogP contribution >= 0.6 is 0 Å². The number of aryl methyl sites for hydroxylation is 1. The first-order valence-corrected chi connectivity index (χ1v) is 10.6. The Labute approximate surface area is 179 Å². The van der Waals surface area contributed by atoms with E-state index in [0.717, 1.165) is 24.8 Å². The van der Waals surface area contributed by atoms with Crippen LogP contribution in [0.4, 0.5) is 4.39 Å². The number of carbonyl (C=O) groups is 2. The van der Waals surface area contributed by atoms with E-state index in [9.17, 15) is 23.9 Å². The fourth-order valence-electron chi connectivity index (χ4n) is 4.66. The Morgan fingerprint density at radius 1 is 1.29 bits per heavy atom. The van der Waals surface area contributed by atoms with Gasteiger partial charge in [0.2, 0.25) is 5.43 Å². The number of amides is 2. The van der Waals surface area contributed by atoms with E-state index in [4.69, 9.17) is 0 Å². The average Bonchev–Trinajstić information content (AvgIpc) is 2.95. The lowest BCUT2D eigenvalue weighted by molar-refractivity contribution is 0.0559. The molecule has 1 atom stereocenters. The second-order valence-corrected chi connectivity index (χ2v) is 8.48. The highest BCUT2D eigenvalue weighted by atomic mass is 19.1. The van der Waals surface area contributed by atoms with Gasteiger partial charge < -0.3 is 19.9 Å². The molecule has 2 aromatic rings. The molecular formula is C23H26FN3O4. The van der Waals surface area contributed by atoms with E-state index in [2.05, 4.69) is 5.32 Å². The molecule has 1 aromatic carbocycles. The van der Waals surface area contributed by atoms with Crippen molar-refractivity contribution in [2.45, 2.75) is 51.6 Å². The highest BCUT2D eigenvalue weighted by Crippen LogP contribution is 2.38. The molecule has 164 valence electrons. The number of aromatic nitrogens is 1. The first kappa shape index (κ1) is 21.1. The molecular weight excluding hydrogens is 401 g/mol. The average molecular weight is 427 g/mol. The Hall–Kier alpha value is -3.16. The summed E-state index contributed by atoms with van der Waals surface area (Å²) < 4.78 is 15.7. The summed E-state index contributed by atoms with van der Waals surface area (Å²) in [7, 11) is 0. The van der Waals surface area contributed by atoms with Gasteiger partial charge in [-0.25, -0.2) is 4.39 Å². The minimum absolute atomic E-state index is 0.0545. The lowest BCUT2D eigenvalue weighted by Crippen LogP contribution is -2.53. The van der Waals surface area contributed by atoms with Crippen LogP contribution < -0.4 is 10.7 Å². The second-order valence-electron chi connectivity index (χ2n) is 8.48. The summed E-state index contributed by atoms with van der Waals surface area (Å²) in [5, 5.41) is 13.2. The lowest BCUT2D eigenvalue weighted by atomic mass is 9.87. The molecule has 2 aliphatic rings. The minimum Gasteiger partial charge on any atom is -0.503 e. The molecule has 0 spiro atoms. The monoisotopic (exact) mass is 427 g/mol. The zero-order valence-corrected chi connectivity index (χ0v) is 17.7. The van der Waals surface area contributed by atoms with Crippen molar-refractivity contribution in [2.75, 3.05) is 13.1 Å². The van der Waals surface area contributed by atoms with Crippen molar-refractivity contribution in [2.24, 2.45) is 0 Å². The standard InChI is InChI=1S/C23H26FN3O4/c1-3-23-8-4-5-9-26(13-23)22(31)18-20(29)19(28)16(12-27(18)23)21(30)25-11-15-7-6-14(2)10-17(15)24/h6-7,10,12,29H,3-5,8-9,11,13H2,1-2H3,(H,25,30)/t23-/m1/s1. The highest BCUT2D eigenvalue weighted by molar-refractivity contribution is 5.99. The number of nitrogens with zero attached hydrogens (tertiary/aromatic N) is 2. The summed E-state index contributed by atoms with van der Waals surface area (Å²) in [6.45, 7) is 4.73. The van der Waals surface area contributed by atoms with E-state index < -0.39 is 34.3 Å². The third-order valence-corrected chi connectivity index (χ3v) is 6.54. The Bertz CT molecular complexity index is 1130. The molecule has 0 unspecified atom stereocenters. The van der Waals surface area contributed by atoms with Gasteiger partial charge in [0.1, 0.15) is 11.4 Å². The minimum atomic E-state index is -0.896. The quantitative estimate of drug-likeness (QED) is 0.785. The third kappa shape index (κ3) is 3.49. The number of halogens is 1. The maximum Gasteiger partial charge on any atom is 0.274 e. The number of rotatable bonds is 4. The van der Waals surface area contributed by atoms with Crippen LogP contribution in [-0.4, -0.2) is 39.5 Å². The van der Waals surface area contributed by atoms with Crippen molar-refractivity contribution >= 4 is 11.8 Å². The van der Waals surface area contributed by atoms with E-state index >= 15 is 0 Å². The maximum atomic E-state index is 14.1. The molecule has 2 aliphatic heterocycles. The van der Waals surface area contributed by atoms with Gasteiger partial charge in [-0.2, -0.15) is 0 Å². The Balaban J connectivity index is 1.73. The largest absolute Gasteiger partial charge is 0.503 e. The number of hydrogen-bond acceptors (Lipinski definition) is 4. The van der Waals surface area contributed by atoms with E-state index in [1.165, 1.54) is 12.3 Å². The first-order chi connectivity index (χ1) is 14.8. The van der Waals surface area contributed by atoms with Crippen LogP contribution in [-0.2, 0) is 12.1 Å². The van der Waals surface area contributed by atoms with Gasteiger partial charge in [0.05, 0.1) is 5.54 Å². The molecule has 31 heavy (non-hydrogen) atoms. The maximum absolute atomic E-state index is 14.1. The van der Waals surface area contributed by atoms with E-state index in [-0.39, 0.29) is 17.8 Å². The number of fused-ring (bicyclic) bond motifs is 4. The number of nitrogens with one attached hydrogen (secondary N) is 1. The lowest BCUT2D eigenvalue weighted by Gasteiger charge is -2.44. The zero-order valence-electron chi connectivity index (χ0n) is 17.7. The smallest absolute Gasteiger partial charge is 0.274 e. The third-order valence-electron chi connectivity index (χ3n) is 6.54. The van der Waals surface area contributed by atoms with E-state index in [0.29, 0.717) is 25.1 Å². The molecule has 2 amide bonds. The Kier molecular flexibility index (Phi) is 5.33. The predicted molar refractivity (Wildman–Crippen MR) is 113 cm³/mol. The first-order valence-electron chi connectivity index (χ1n) is 10.6. The number of pyridine rings is 1. The van der Waals surface area contributed by atoms with Gasteiger partial charge in [-0.1, -0.05) is 19.1 Å². The molecule has 0 radical (unpaired) electrons. The van der Waals surface area contributed by atoms with Crippen molar-refractivity contribution in [1.29, 1.82) is 0 Å². The molecule has 0 aliphatic carbocycles. The van der Waals surface area contributed by atoms with Crippen LogP contribution in [0.1, 0.15) is 64.6 Å². The van der Waals surface area contributed by atoms with Crippen LogP contribution in [0.5, 0.6) is 5.75 Å². The van der Waals surface area contributed by atoms with Crippen LogP contribution in [0, 0.1) is 12.7 Å². The molecule has 1 fully saturated rings. The van der Waals surface area contributed by atoms with Crippen molar-refractivity contribution in [3.63, 3.8) is 0 Å². The van der Waals surface area contributed by atoms with Crippen LogP contribution in [0.3, 0.4) is 0 Å². The topological polar surface area (TPSA) is 91.6 Å². The molecule has 8 heteroatoms. The van der Waals surface area contributed by atoms with Gasteiger partial charge in [0.25, 0.3) is 11.8 Å². The molecule has 1 aromatic heterocycles. The Morgan fingerprint density at radius 3 is 2.77 bits per heavy atom. The Morgan fingerprint density at radius 2 is 2.06 bits per heavy atom. The molecule has 1 saturated heterocycles. The van der Waals surface area contributed by atoms with E-state index in [1.807, 2.05) is 6.92 Å². The summed E-state index contributed by atoms with van der Waals surface area (Å²) >= 11 is 0. The highest BCUT2D eigenvalue weighted by Gasteiger charge is 2.44. The molecule has 2 bridgehead atoms. The summed E-state index contributed by atoms with van der Waals surface area (Å²) in [6, 6.07) is 4.68. The summed E-state index contributed by atoms with van der Waals surface area (Å²) in [5.74, 6) is -2.26. The fourth-order valence-corrected chi connectivity index (χ4v) is 4.66. The molecule has 0 saturated carbocycles. The zero-order chi connectivity index (χ0) is 22.3. The molecule has 2 N–H and O–H groups in total. The second kappa shape index (κ2) is 7.83. The fraction of sp³-hybridized carbons (Fsp3) is 0.435. The van der Waals surface area contributed by atoms with Gasteiger partial charge in [-0.05, 0) is 44.2 Å². The van der Waals surface area contributed by atoms with Gasteiger partial charge in [-0.15, -0.1) is 0 Å². The summed E-state index contributed by atoms with van der Waals surface area (Å²) in [4.78, 5) is 40.2. The van der Waals surface area contributed by atoms with Crippen molar-refractivity contribution in [3.05, 3.63) is 62.8 Å². The number of benzene rings is 1. The van der Waals surface area contributed by atoms with Crippen LogP contribution in [0.25, 0.3) is 0 Å². The van der Waals surface area contributed by atoms with Gasteiger partial charge in [0.15, 0.2) is 11.4 Å². The van der Waals surface area contributed by atoms with Crippen molar-refractivity contribution < 1.29 is 19.1 Å². The molecule has 7 nitrogen and oxygen atoms in total. The van der Waals surface area contributed by atoms with Gasteiger partial charge in [0, 0.05) is 31.4 Å². The van der Waals surface area contributed by atoms with Crippen LogP contribution in [0.15, 0.2) is 29.2 Å². The summed E-state index contributed by atoms with van der Waals surface area (Å²) in [6.07, 6.45) is 4.60. The number of aromatic hydroxyl groups is 1. The van der Waals surface area contributed by atoms with Crippen molar-refractivity contribution in [3.8, 4) is 5.75 Å². The van der Waals surface area contributed by atoms with Gasteiger partial charge in [-0.3, -0.25) is 14.4 Å². The SMILES string of the molecule is CC[C@@]12CCCCN(C1)C(=O)c1c(O)c(=O)c(C(=O)NCc3ccc(C)cc3F)cn12. The molecule has 3 heterocycles. The molecule has 4 rings (SSSR count).